The molecule has 0 spiro atoms. The van der Waals surface area contributed by atoms with Gasteiger partial charge in [-0.1, -0.05) is 48.4 Å². The summed E-state index contributed by atoms with van der Waals surface area (Å²) in [7, 11) is 0. The highest BCUT2D eigenvalue weighted by molar-refractivity contribution is 6.01. The van der Waals surface area contributed by atoms with Crippen molar-refractivity contribution in [2.45, 2.75) is 71.2 Å². The zero-order chi connectivity index (χ0) is 31.2. The summed E-state index contributed by atoms with van der Waals surface area (Å²) in [6, 6.07) is 17.4. The average molecular weight is 571 g/mol. The molecule has 0 radical (unpaired) electrons. The van der Waals surface area contributed by atoms with Crippen LogP contribution in [0, 0.1) is 12.3 Å². The minimum Gasteiger partial charge on any atom is -0.444 e. The van der Waals surface area contributed by atoms with Crippen LogP contribution in [0.15, 0.2) is 66.7 Å². The number of fused-ring (bicyclic) bond motifs is 1. The smallest absolute Gasteiger partial charge is 0.408 e. The van der Waals surface area contributed by atoms with Crippen molar-refractivity contribution in [3.63, 3.8) is 0 Å². The van der Waals surface area contributed by atoms with Gasteiger partial charge >= 0.3 is 6.09 Å². The van der Waals surface area contributed by atoms with E-state index in [0.717, 1.165) is 10.8 Å². The summed E-state index contributed by atoms with van der Waals surface area (Å²) in [5, 5.41) is 7.36. The van der Waals surface area contributed by atoms with Crippen molar-refractivity contribution in [2.75, 3.05) is 5.32 Å². The van der Waals surface area contributed by atoms with Crippen LogP contribution in [0.5, 0.6) is 0 Å². The lowest BCUT2D eigenvalue weighted by molar-refractivity contribution is -0.147. The van der Waals surface area contributed by atoms with Gasteiger partial charge in [0.15, 0.2) is 0 Å². The normalized spacial score (nSPS) is 12.9. The second kappa shape index (κ2) is 12.8. The largest absolute Gasteiger partial charge is 0.444 e. The number of ether oxygens (including phenoxy) is 1. The molecule has 2 unspecified atom stereocenters. The summed E-state index contributed by atoms with van der Waals surface area (Å²) in [5.74, 6) is 0.545. The monoisotopic (exact) mass is 570 g/mol. The van der Waals surface area contributed by atoms with Crippen LogP contribution in [0.4, 0.5) is 10.5 Å². The van der Waals surface area contributed by atoms with E-state index in [2.05, 4.69) is 16.6 Å². The molecule has 9 heteroatoms. The van der Waals surface area contributed by atoms with Crippen LogP contribution in [0.25, 0.3) is 10.8 Å². The molecule has 0 saturated heterocycles. The number of carbonyl (C=O) groups excluding carboxylic acids is 4. The Labute approximate surface area is 246 Å². The van der Waals surface area contributed by atoms with Gasteiger partial charge in [-0.25, -0.2) is 4.79 Å². The Balaban J connectivity index is 2.09. The molecule has 4 amide bonds. The predicted octanol–water partition coefficient (Wildman–Crippen LogP) is 4.90. The number of nitrogens with two attached hydrogens (primary N) is 1. The fourth-order valence-electron chi connectivity index (χ4n) is 4.52. The molecule has 3 aromatic rings. The summed E-state index contributed by atoms with van der Waals surface area (Å²) in [6.07, 6.45) is 4.15. The molecule has 0 heterocycles. The third kappa shape index (κ3) is 8.33. The highest BCUT2D eigenvalue weighted by Gasteiger charge is 2.42. The molecular weight excluding hydrogens is 532 g/mol. The number of amides is 4. The predicted molar refractivity (Wildman–Crippen MR) is 163 cm³/mol. The number of terminal acetylenes is 1. The van der Waals surface area contributed by atoms with Gasteiger partial charge in [-0.05, 0) is 82.1 Å². The van der Waals surface area contributed by atoms with Crippen molar-refractivity contribution in [2.24, 2.45) is 5.73 Å². The Morgan fingerprint density at radius 2 is 1.55 bits per heavy atom. The Morgan fingerprint density at radius 3 is 2.10 bits per heavy atom. The van der Waals surface area contributed by atoms with Crippen LogP contribution in [0.2, 0.25) is 0 Å². The zero-order valence-electron chi connectivity index (χ0n) is 24.9. The first kappa shape index (κ1) is 31.7. The lowest BCUT2D eigenvalue weighted by atomic mass is 9.94. The molecule has 3 rings (SSSR count). The van der Waals surface area contributed by atoms with Gasteiger partial charge in [0.25, 0.3) is 5.91 Å². The van der Waals surface area contributed by atoms with E-state index >= 15 is 0 Å². The van der Waals surface area contributed by atoms with Crippen LogP contribution in [-0.2, 0) is 19.1 Å². The maximum Gasteiger partial charge on any atom is 0.408 e. The van der Waals surface area contributed by atoms with Gasteiger partial charge < -0.3 is 26.0 Å². The van der Waals surface area contributed by atoms with E-state index in [-0.39, 0.29) is 0 Å². The first-order valence-corrected chi connectivity index (χ1v) is 13.6. The van der Waals surface area contributed by atoms with Crippen molar-refractivity contribution < 1.29 is 23.9 Å². The number of rotatable bonds is 8. The Bertz CT molecular complexity index is 1510. The van der Waals surface area contributed by atoms with Gasteiger partial charge in [0, 0.05) is 16.8 Å². The number of alkyl carbamates (subject to hydrolysis) is 1. The summed E-state index contributed by atoms with van der Waals surface area (Å²) in [5.41, 5.74) is 5.27. The first-order chi connectivity index (χ1) is 19.6. The van der Waals surface area contributed by atoms with Crippen molar-refractivity contribution in [1.82, 2.24) is 10.2 Å². The lowest BCUT2D eigenvalue weighted by Gasteiger charge is -2.43. The molecule has 0 aromatic heterocycles. The topological polar surface area (TPSA) is 131 Å². The molecule has 2 atom stereocenters. The maximum atomic E-state index is 14.2. The van der Waals surface area contributed by atoms with E-state index in [9.17, 15) is 19.2 Å². The summed E-state index contributed by atoms with van der Waals surface area (Å²) in [4.78, 5) is 54.4. The molecular formula is C33H38N4O5. The number of carbonyl (C=O) groups is 4. The Hall–Kier alpha value is -4.84. The molecule has 220 valence electrons. The number of anilines is 1. The van der Waals surface area contributed by atoms with Gasteiger partial charge in [0.05, 0.1) is 6.42 Å². The molecule has 3 aromatic carbocycles. The maximum absolute atomic E-state index is 14.2. The fraction of sp³-hybridized carbons (Fsp3) is 0.333. The van der Waals surface area contributed by atoms with Crippen LogP contribution in [-0.4, -0.2) is 45.9 Å². The van der Waals surface area contributed by atoms with Gasteiger partial charge in [-0.3, -0.25) is 14.4 Å². The molecule has 0 bridgehead atoms. The molecule has 0 saturated carbocycles. The van der Waals surface area contributed by atoms with Gasteiger partial charge in [0.1, 0.15) is 17.7 Å². The third-order valence-corrected chi connectivity index (χ3v) is 6.27. The van der Waals surface area contributed by atoms with E-state index in [1.165, 1.54) is 4.90 Å². The minimum absolute atomic E-state index is 0.477. The van der Waals surface area contributed by atoms with Gasteiger partial charge in [0.2, 0.25) is 11.8 Å². The van der Waals surface area contributed by atoms with Crippen LogP contribution in [0.1, 0.15) is 65.1 Å². The van der Waals surface area contributed by atoms with E-state index in [1.807, 2.05) is 36.4 Å². The van der Waals surface area contributed by atoms with Crippen molar-refractivity contribution in [3.8, 4) is 12.3 Å². The van der Waals surface area contributed by atoms with Gasteiger partial charge in [-0.15, -0.1) is 6.42 Å². The molecule has 0 aliphatic rings. The quantitative estimate of drug-likeness (QED) is 0.332. The first-order valence-electron chi connectivity index (χ1n) is 13.6. The highest BCUT2D eigenvalue weighted by Crippen LogP contribution is 2.32. The number of primary amides is 1. The number of nitrogens with one attached hydrogen (secondary N) is 2. The zero-order valence-corrected chi connectivity index (χ0v) is 24.9. The summed E-state index contributed by atoms with van der Waals surface area (Å²) < 4.78 is 5.33. The lowest BCUT2D eigenvalue weighted by Crippen LogP contribution is -2.58. The fourth-order valence-corrected chi connectivity index (χ4v) is 4.52. The minimum atomic E-state index is -1.39. The van der Waals surface area contributed by atoms with Gasteiger partial charge in [-0.2, -0.15) is 0 Å². The third-order valence-electron chi connectivity index (χ3n) is 6.27. The second-order valence-corrected chi connectivity index (χ2v) is 12.0. The van der Waals surface area contributed by atoms with Crippen molar-refractivity contribution in [3.05, 3.63) is 77.9 Å². The number of hydrogen-bond acceptors (Lipinski definition) is 5. The average Bonchev–Trinajstić information content (AvgIpc) is 2.89. The Morgan fingerprint density at radius 1 is 0.929 bits per heavy atom. The van der Waals surface area contributed by atoms with Crippen LogP contribution < -0.4 is 16.4 Å². The molecule has 9 nitrogen and oxygen atoms in total. The highest BCUT2D eigenvalue weighted by atomic mass is 16.6. The SMILES string of the molecule is C#Cc1ccc(C(C(=O)Nc2ccc3ccccc3c2)N(C(=O)C(CC(N)=O)NC(=O)OC(C)(C)C)C(C)(C)C)cc1. The molecule has 4 N–H and O–H groups in total. The molecule has 0 aliphatic heterocycles. The number of nitrogens with zero attached hydrogens (tertiary/aromatic N) is 1. The second-order valence-electron chi connectivity index (χ2n) is 12.0. The summed E-state index contributed by atoms with van der Waals surface area (Å²) in [6.45, 7) is 10.3. The molecule has 0 fully saturated rings. The standard InChI is InChI=1S/C33H38N4O5/c1-8-21-13-15-23(16-14-21)28(29(39)35-25-18-17-22-11-9-10-12-24(22)19-25)37(32(2,3)4)30(40)26(20-27(34)38)36-31(41)42-33(5,6)7/h1,9-19,26,28H,20H2,2-7H3,(H2,34,38)(H,35,39)(H,36,41). The molecule has 0 aliphatic carbocycles. The van der Waals surface area contributed by atoms with Crippen molar-refractivity contribution in [1.29, 1.82) is 0 Å². The summed E-state index contributed by atoms with van der Waals surface area (Å²) >= 11 is 0. The van der Waals surface area contributed by atoms with E-state index in [0.29, 0.717) is 16.8 Å². The number of benzene rings is 3. The van der Waals surface area contributed by atoms with E-state index in [1.54, 1.807) is 71.9 Å². The van der Waals surface area contributed by atoms with E-state index in [4.69, 9.17) is 16.9 Å². The molecule has 42 heavy (non-hydrogen) atoms. The van der Waals surface area contributed by atoms with Crippen LogP contribution in [0.3, 0.4) is 0 Å². The van der Waals surface area contributed by atoms with E-state index < -0.39 is 53.5 Å². The number of hydrogen-bond donors (Lipinski definition) is 3. The van der Waals surface area contributed by atoms with Crippen LogP contribution >= 0.6 is 0 Å². The van der Waals surface area contributed by atoms with Crippen molar-refractivity contribution >= 4 is 40.3 Å². The Kier molecular flexibility index (Phi) is 9.64.